The standard InChI is InChI=1S/C21H29N3OS2/c1-23-18-10-4-3-9-17(18)22-21(23)19-11-6-7-14-24(19)20(25)12-5-2-8-16-13-15-26-27-16/h3-4,9-10,16,19H,2,5-8,11-15H2,1H3/t16-,19+/m1/s1. The summed E-state index contributed by atoms with van der Waals surface area (Å²) in [6, 6.07) is 8.39. The molecule has 2 aromatic rings. The number of imidazole rings is 1. The van der Waals surface area contributed by atoms with Crippen LogP contribution in [0.1, 0.15) is 63.2 Å². The fourth-order valence-electron chi connectivity index (χ4n) is 4.32. The molecule has 27 heavy (non-hydrogen) atoms. The van der Waals surface area contributed by atoms with Gasteiger partial charge in [0.25, 0.3) is 0 Å². The van der Waals surface area contributed by atoms with Gasteiger partial charge in [0.2, 0.25) is 5.91 Å². The molecular formula is C21H29N3OS2. The van der Waals surface area contributed by atoms with Crippen LogP contribution in [0.15, 0.2) is 24.3 Å². The molecule has 4 rings (SSSR count). The summed E-state index contributed by atoms with van der Waals surface area (Å²) in [4.78, 5) is 20.0. The number of amides is 1. The predicted molar refractivity (Wildman–Crippen MR) is 116 cm³/mol. The van der Waals surface area contributed by atoms with E-state index in [2.05, 4.69) is 34.7 Å². The van der Waals surface area contributed by atoms with Crippen molar-refractivity contribution in [3.63, 3.8) is 0 Å². The lowest BCUT2D eigenvalue weighted by Gasteiger charge is -2.35. The Morgan fingerprint density at radius 1 is 1.22 bits per heavy atom. The van der Waals surface area contributed by atoms with Crippen molar-refractivity contribution in [2.24, 2.45) is 7.05 Å². The van der Waals surface area contributed by atoms with Crippen LogP contribution in [0.5, 0.6) is 0 Å². The first-order chi connectivity index (χ1) is 13.2. The number of fused-ring (bicyclic) bond motifs is 1. The van der Waals surface area contributed by atoms with Gasteiger partial charge in [-0.15, -0.1) is 0 Å². The van der Waals surface area contributed by atoms with Gasteiger partial charge in [-0.3, -0.25) is 4.79 Å². The lowest BCUT2D eigenvalue weighted by molar-refractivity contribution is -0.135. The number of benzene rings is 1. The summed E-state index contributed by atoms with van der Waals surface area (Å²) in [6.45, 7) is 0.877. The normalized spacial score (nSPS) is 23.2. The molecule has 1 amide bonds. The highest BCUT2D eigenvalue weighted by Crippen LogP contribution is 2.40. The summed E-state index contributed by atoms with van der Waals surface area (Å²) >= 11 is 0. The van der Waals surface area contributed by atoms with Gasteiger partial charge < -0.3 is 9.47 Å². The molecular weight excluding hydrogens is 374 g/mol. The molecule has 0 radical (unpaired) electrons. The van der Waals surface area contributed by atoms with E-state index in [1.807, 2.05) is 27.7 Å². The van der Waals surface area contributed by atoms with E-state index in [0.29, 0.717) is 12.3 Å². The maximum Gasteiger partial charge on any atom is 0.223 e. The van der Waals surface area contributed by atoms with Crippen molar-refractivity contribution < 1.29 is 4.79 Å². The Morgan fingerprint density at radius 2 is 2.11 bits per heavy atom. The maximum atomic E-state index is 13.0. The van der Waals surface area contributed by atoms with Crippen molar-refractivity contribution >= 4 is 38.5 Å². The second-order valence-corrected chi connectivity index (χ2v) is 10.5. The lowest BCUT2D eigenvalue weighted by atomic mass is 10.00. The number of aryl methyl sites for hydroxylation is 1. The highest BCUT2D eigenvalue weighted by Gasteiger charge is 2.31. The van der Waals surface area contributed by atoms with Crippen LogP contribution in [0.3, 0.4) is 0 Å². The number of carbonyl (C=O) groups is 1. The van der Waals surface area contributed by atoms with Gasteiger partial charge in [-0.05, 0) is 50.7 Å². The first-order valence-corrected chi connectivity index (χ1v) is 12.6. The van der Waals surface area contributed by atoms with Gasteiger partial charge in [0.1, 0.15) is 5.82 Å². The number of aromatic nitrogens is 2. The average molecular weight is 404 g/mol. The fourth-order valence-corrected chi connectivity index (χ4v) is 7.34. The molecule has 2 atom stereocenters. The Kier molecular flexibility index (Phi) is 6.33. The summed E-state index contributed by atoms with van der Waals surface area (Å²) in [7, 11) is 6.13. The molecule has 2 aliphatic heterocycles. The number of piperidine rings is 1. The molecule has 0 saturated carbocycles. The predicted octanol–water partition coefficient (Wildman–Crippen LogP) is 5.34. The number of carbonyl (C=O) groups excluding carboxylic acids is 1. The van der Waals surface area contributed by atoms with Gasteiger partial charge >= 0.3 is 0 Å². The molecule has 0 spiro atoms. The van der Waals surface area contributed by atoms with Crippen molar-refractivity contribution in [2.75, 3.05) is 12.3 Å². The quantitative estimate of drug-likeness (QED) is 0.482. The molecule has 0 aliphatic carbocycles. The number of hydrogen-bond donors (Lipinski definition) is 0. The van der Waals surface area contributed by atoms with Crippen LogP contribution in [-0.2, 0) is 11.8 Å². The van der Waals surface area contributed by atoms with Crippen LogP contribution in [0.25, 0.3) is 11.0 Å². The van der Waals surface area contributed by atoms with Crippen LogP contribution < -0.4 is 0 Å². The SMILES string of the molecule is Cn1c([C@@H]2CCCCN2C(=O)CCCC[C@@H]2CCSS2)nc2ccccc21. The Labute approximate surface area is 169 Å². The van der Waals surface area contributed by atoms with Crippen molar-refractivity contribution in [1.82, 2.24) is 14.5 Å². The Balaban J connectivity index is 1.40. The van der Waals surface area contributed by atoms with Gasteiger partial charge in [0, 0.05) is 31.0 Å². The van der Waals surface area contributed by atoms with Crippen molar-refractivity contribution in [3.8, 4) is 0 Å². The van der Waals surface area contributed by atoms with Gasteiger partial charge in [0.15, 0.2) is 0 Å². The highest BCUT2D eigenvalue weighted by atomic mass is 33.1. The zero-order valence-corrected chi connectivity index (χ0v) is 17.7. The number of rotatable bonds is 6. The Hall–Kier alpha value is -1.14. The zero-order chi connectivity index (χ0) is 18.6. The second-order valence-electron chi connectivity index (χ2n) is 7.69. The topological polar surface area (TPSA) is 38.1 Å². The van der Waals surface area contributed by atoms with E-state index in [4.69, 9.17) is 4.98 Å². The number of hydrogen-bond acceptors (Lipinski definition) is 4. The molecule has 3 heterocycles. The molecule has 6 heteroatoms. The minimum atomic E-state index is 0.130. The molecule has 2 fully saturated rings. The maximum absolute atomic E-state index is 13.0. The smallest absolute Gasteiger partial charge is 0.223 e. The van der Waals surface area contributed by atoms with E-state index in [0.717, 1.165) is 47.9 Å². The summed E-state index contributed by atoms with van der Waals surface area (Å²) < 4.78 is 2.18. The van der Waals surface area contributed by atoms with Crippen LogP contribution in [0.2, 0.25) is 0 Å². The highest BCUT2D eigenvalue weighted by molar-refractivity contribution is 8.77. The van der Waals surface area contributed by atoms with E-state index in [-0.39, 0.29) is 6.04 Å². The zero-order valence-electron chi connectivity index (χ0n) is 16.1. The van der Waals surface area contributed by atoms with E-state index in [1.54, 1.807) is 0 Å². The monoisotopic (exact) mass is 403 g/mol. The minimum absolute atomic E-state index is 0.130. The third kappa shape index (κ3) is 4.32. The third-order valence-electron chi connectivity index (χ3n) is 5.84. The van der Waals surface area contributed by atoms with E-state index in [1.165, 1.54) is 31.4 Å². The van der Waals surface area contributed by atoms with Gasteiger partial charge in [-0.25, -0.2) is 4.98 Å². The van der Waals surface area contributed by atoms with Gasteiger partial charge in [-0.2, -0.15) is 0 Å². The average Bonchev–Trinajstić information content (AvgIpc) is 3.33. The van der Waals surface area contributed by atoms with Crippen molar-refractivity contribution in [3.05, 3.63) is 30.1 Å². The van der Waals surface area contributed by atoms with Crippen LogP contribution in [0, 0.1) is 0 Å². The molecule has 0 unspecified atom stereocenters. The van der Waals surface area contributed by atoms with Crippen molar-refractivity contribution in [2.45, 2.75) is 62.7 Å². The summed E-state index contributed by atoms with van der Waals surface area (Å²) in [5, 5.41) is 0.813. The van der Waals surface area contributed by atoms with Crippen molar-refractivity contribution in [1.29, 1.82) is 0 Å². The molecule has 0 N–H and O–H groups in total. The molecule has 2 saturated heterocycles. The number of unbranched alkanes of at least 4 members (excludes halogenated alkanes) is 1. The van der Waals surface area contributed by atoms with E-state index in [9.17, 15) is 4.79 Å². The Morgan fingerprint density at radius 3 is 2.93 bits per heavy atom. The minimum Gasteiger partial charge on any atom is -0.333 e. The molecule has 2 aliphatic rings. The van der Waals surface area contributed by atoms with Gasteiger partial charge in [-0.1, -0.05) is 40.1 Å². The Bertz CT molecular complexity index is 785. The summed E-state index contributed by atoms with van der Waals surface area (Å²) in [5.74, 6) is 2.66. The fraction of sp³-hybridized carbons (Fsp3) is 0.619. The van der Waals surface area contributed by atoms with Crippen LogP contribution in [-0.4, -0.2) is 37.9 Å². The molecule has 146 valence electrons. The van der Waals surface area contributed by atoms with E-state index >= 15 is 0 Å². The molecule has 1 aromatic heterocycles. The largest absolute Gasteiger partial charge is 0.333 e. The number of likely N-dealkylation sites (tertiary alicyclic amines) is 1. The summed E-state index contributed by atoms with van der Waals surface area (Å²) in [6.07, 6.45) is 8.80. The number of nitrogens with zero attached hydrogens (tertiary/aromatic N) is 3. The number of para-hydroxylation sites is 2. The van der Waals surface area contributed by atoms with Crippen LogP contribution >= 0.6 is 21.6 Å². The second kappa shape index (κ2) is 8.91. The molecule has 0 bridgehead atoms. The summed E-state index contributed by atoms with van der Waals surface area (Å²) in [5.41, 5.74) is 2.18. The lowest BCUT2D eigenvalue weighted by Crippen LogP contribution is -2.39. The third-order valence-corrected chi connectivity index (χ3v) is 8.84. The van der Waals surface area contributed by atoms with Crippen LogP contribution in [0.4, 0.5) is 0 Å². The first-order valence-electron chi connectivity index (χ1n) is 10.2. The van der Waals surface area contributed by atoms with E-state index < -0.39 is 0 Å². The molecule has 1 aromatic carbocycles. The van der Waals surface area contributed by atoms with Gasteiger partial charge in [0.05, 0.1) is 17.1 Å². The first kappa shape index (κ1) is 19.2. The molecule has 4 nitrogen and oxygen atoms in total.